The number of aryl methyl sites for hydroxylation is 1. The van der Waals surface area contributed by atoms with E-state index >= 15 is 0 Å². The summed E-state index contributed by atoms with van der Waals surface area (Å²) >= 11 is 3.06. The van der Waals surface area contributed by atoms with Gasteiger partial charge in [0.2, 0.25) is 0 Å². The van der Waals surface area contributed by atoms with Crippen molar-refractivity contribution in [2.45, 2.75) is 19.8 Å². The first-order chi connectivity index (χ1) is 6.91. The van der Waals surface area contributed by atoms with Gasteiger partial charge in [-0.15, -0.1) is 0 Å². The van der Waals surface area contributed by atoms with E-state index in [1.54, 1.807) is 6.92 Å². The summed E-state index contributed by atoms with van der Waals surface area (Å²) in [5.41, 5.74) is -0.0151. The number of carboxylic acids is 1. The second-order valence-electron chi connectivity index (χ2n) is 2.98. The number of alkyl halides is 2. The number of halogens is 3. The summed E-state index contributed by atoms with van der Waals surface area (Å²) in [6.45, 7) is 1.57. The lowest BCUT2D eigenvalue weighted by molar-refractivity contribution is -0.136. The third kappa shape index (κ3) is 2.95. The van der Waals surface area contributed by atoms with Crippen LogP contribution < -0.4 is 0 Å². The second kappa shape index (κ2) is 4.65. The molecular formula is C9H8BrF2NO2. The van der Waals surface area contributed by atoms with Gasteiger partial charge >= 0.3 is 5.97 Å². The van der Waals surface area contributed by atoms with E-state index in [2.05, 4.69) is 20.9 Å². The van der Waals surface area contributed by atoms with Crippen LogP contribution in [0.1, 0.15) is 23.4 Å². The van der Waals surface area contributed by atoms with Gasteiger partial charge in [-0.25, -0.2) is 8.78 Å². The highest BCUT2D eigenvalue weighted by molar-refractivity contribution is 9.10. The largest absolute Gasteiger partial charge is 0.481 e. The highest BCUT2D eigenvalue weighted by atomic mass is 79.9. The Labute approximate surface area is 93.3 Å². The molecule has 0 aliphatic carbocycles. The Balaban J connectivity index is 3.26. The maximum atomic E-state index is 12.6. The molecule has 1 rings (SSSR count). The molecule has 0 atom stereocenters. The topological polar surface area (TPSA) is 50.2 Å². The average Bonchev–Trinajstić information content (AvgIpc) is 2.08. The number of carboxylic acid groups (broad SMARTS) is 1. The molecule has 6 heteroatoms. The van der Waals surface area contributed by atoms with Crippen LogP contribution in [0.5, 0.6) is 0 Å². The van der Waals surface area contributed by atoms with Gasteiger partial charge in [-0.1, -0.05) is 15.9 Å². The number of hydrogen-bond donors (Lipinski definition) is 1. The van der Waals surface area contributed by atoms with Crippen LogP contribution in [-0.2, 0) is 11.2 Å². The minimum Gasteiger partial charge on any atom is -0.481 e. The van der Waals surface area contributed by atoms with Crippen LogP contribution in [0, 0.1) is 6.92 Å². The van der Waals surface area contributed by atoms with Gasteiger partial charge in [0.25, 0.3) is 6.43 Å². The predicted octanol–water partition coefficient (Wildman–Crippen LogP) is 2.72. The van der Waals surface area contributed by atoms with E-state index in [0.717, 1.165) is 0 Å². The van der Waals surface area contributed by atoms with Crippen molar-refractivity contribution in [2.75, 3.05) is 0 Å². The fourth-order valence-electron chi connectivity index (χ4n) is 1.19. The van der Waals surface area contributed by atoms with Crippen molar-refractivity contribution in [1.29, 1.82) is 0 Å². The molecule has 0 aliphatic heterocycles. The molecular weight excluding hydrogens is 272 g/mol. The van der Waals surface area contributed by atoms with Gasteiger partial charge in [-0.05, 0) is 13.0 Å². The number of rotatable bonds is 3. The number of pyridine rings is 1. The molecule has 1 aromatic rings. The molecule has 1 heterocycles. The molecule has 0 aliphatic rings. The van der Waals surface area contributed by atoms with E-state index in [4.69, 9.17) is 5.11 Å². The first kappa shape index (κ1) is 12.0. The van der Waals surface area contributed by atoms with Crippen molar-refractivity contribution < 1.29 is 18.7 Å². The van der Waals surface area contributed by atoms with Crippen LogP contribution in [-0.4, -0.2) is 16.1 Å². The van der Waals surface area contributed by atoms with E-state index in [-0.39, 0.29) is 5.56 Å². The standard InChI is InChI=1S/C9H8BrF2NO2/c1-4-2-6(10)5(3-7(14)15)8(13-4)9(11)12/h2,9H,3H2,1H3,(H,14,15). The Kier molecular flexibility index (Phi) is 3.73. The van der Waals surface area contributed by atoms with Crippen LogP contribution in [0.4, 0.5) is 8.78 Å². The quantitative estimate of drug-likeness (QED) is 0.926. The molecule has 0 bridgehead atoms. The average molecular weight is 280 g/mol. The summed E-state index contributed by atoms with van der Waals surface area (Å²) in [6.07, 6.45) is -3.23. The fourth-order valence-corrected chi connectivity index (χ4v) is 1.86. The van der Waals surface area contributed by atoms with Crippen LogP contribution in [0.25, 0.3) is 0 Å². The molecule has 1 N–H and O–H groups in total. The summed E-state index contributed by atoms with van der Waals surface area (Å²) in [5.74, 6) is -1.16. The second-order valence-corrected chi connectivity index (χ2v) is 3.83. The first-order valence-electron chi connectivity index (χ1n) is 4.07. The Morgan fingerprint density at radius 1 is 1.67 bits per heavy atom. The minimum atomic E-state index is -2.77. The molecule has 0 unspecified atom stereocenters. The molecule has 0 radical (unpaired) electrons. The Bertz CT molecular complexity index is 396. The highest BCUT2D eigenvalue weighted by Crippen LogP contribution is 2.28. The summed E-state index contributed by atoms with van der Waals surface area (Å²) < 4.78 is 25.5. The van der Waals surface area contributed by atoms with Crippen molar-refractivity contribution >= 4 is 21.9 Å². The van der Waals surface area contributed by atoms with Crippen LogP contribution >= 0.6 is 15.9 Å². The van der Waals surface area contributed by atoms with Gasteiger partial charge in [0, 0.05) is 15.7 Å². The SMILES string of the molecule is Cc1cc(Br)c(CC(=O)O)c(C(F)F)n1. The van der Waals surface area contributed by atoms with Crippen molar-refractivity contribution in [3.63, 3.8) is 0 Å². The smallest absolute Gasteiger partial charge is 0.307 e. The normalized spacial score (nSPS) is 10.7. The van der Waals surface area contributed by atoms with E-state index in [1.807, 2.05) is 0 Å². The molecule has 1 aromatic heterocycles. The minimum absolute atomic E-state index is 0.0306. The summed E-state index contributed by atoms with van der Waals surface area (Å²) in [6, 6.07) is 1.52. The Morgan fingerprint density at radius 3 is 2.73 bits per heavy atom. The van der Waals surface area contributed by atoms with E-state index < -0.39 is 24.5 Å². The zero-order chi connectivity index (χ0) is 11.6. The molecule has 0 amide bonds. The summed E-state index contributed by atoms with van der Waals surface area (Å²) in [7, 11) is 0. The van der Waals surface area contributed by atoms with E-state index in [0.29, 0.717) is 10.2 Å². The maximum absolute atomic E-state index is 12.6. The third-order valence-corrected chi connectivity index (χ3v) is 2.47. The maximum Gasteiger partial charge on any atom is 0.307 e. The van der Waals surface area contributed by atoms with Crippen molar-refractivity contribution in [1.82, 2.24) is 4.98 Å². The molecule has 82 valence electrons. The molecule has 0 fully saturated rings. The molecule has 0 saturated heterocycles. The van der Waals surface area contributed by atoms with Gasteiger partial charge < -0.3 is 5.11 Å². The van der Waals surface area contributed by atoms with Crippen molar-refractivity contribution in [2.24, 2.45) is 0 Å². The van der Waals surface area contributed by atoms with Gasteiger partial charge in [0.1, 0.15) is 5.69 Å². The van der Waals surface area contributed by atoms with Crippen molar-refractivity contribution in [3.8, 4) is 0 Å². The van der Waals surface area contributed by atoms with Gasteiger partial charge in [-0.3, -0.25) is 9.78 Å². The number of nitrogens with zero attached hydrogens (tertiary/aromatic N) is 1. The summed E-state index contributed by atoms with van der Waals surface area (Å²) in [4.78, 5) is 14.1. The summed E-state index contributed by atoms with van der Waals surface area (Å²) in [5, 5.41) is 8.57. The number of aromatic nitrogens is 1. The molecule has 0 saturated carbocycles. The molecule has 0 aromatic carbocycles. The van der Waals surface area contributed by atoms with Gasteiger partial charge in [0.05, 0.1) is 6.42 Å². The Morgan fingerprint density at radius 2 is 2.27 bits per heavy atom. The van der Waals surface area contributed by atoms with E-state index in [9.17, 15) is 13.6 Å². The zero-order valence-corrected chi connectivity index (χ0v) is 9.38. The van der Waals surface area contributed by atoms with Crippen molar-refractivity contribution in [3.05, 3.63) is 27.5 Å². The number of hydrogen-bond acceptors (Lipinski definition) is 2. The number of carbonyl (C=O) groups is 1. The molecule has 15 heavy (non-hydrogen) atoms. The van der Waals surface area contributed by atoms with Gasteiger partial charge in [0.15, 0.2) is 0 Å². The lowest BCUT2D eigenvalue weighted by Gasteiger charge is -2.09. The molecule has 3 nitrogen and oxygen atoms in total. The lowest BCUT2D eigenvalue weighted by atomic mass is 10.1. The van der Waals surface area contributed by atoms with Crippen LogP contribution in [0.2, 0.25) is 0 Å². The Hall–Kier alpha value is -1.04. The van der Waals surface area contributed by atoms with Crippen LogP contribution in [0.3, 0.4) is 0 Å². The lowest BCUT2D eigenvalue weighted by Crippen LogP contribution is -2.07. The highest BCUT2D eigenvalue weighted by Gasteiger charge is 2.19. The zero-order valence-electron chi connectivity index (χ0n) is 7.80. The number of aliphatic carboxylic acids is 1. The van der Waals surface area contributed by atoms with Gasteiger partial charge in [-0.2, -0.15) is 0 Å². The first-order valence-corrected chi connectivity index (χ1v) is 4.87. The predicted molar refractivity (Wildman–Crippen MR) is 53.0 cm³/mol. The van der Waals surface area contributed by atoms with Crippen LogP contribution in [0.15, 0.2) is 10.5 Å². The van der Waals surface area contributed by atoms with E-state index in [1.165, 1.54) is 6.07 Å². The fraction of sp³-hybridized carbons (Fsp3) is 0.333. The molecule has 0 spiro atoms. The monoisotopic (exact) mass is 279 g/mol. The third-order valence-electron chi connectivity index (χ3n) is 1.76.